The first-order valence-electron chi connectivity index (χ1n) is 6.78. The maximum atomic E-state index is 11.3. The van der Waals surface area contributed by atoms with Crippen LogP contribution in [0.4, 0.5) is 28.4 Å². The van der Waals surface area contributed by atoms with Crippen LogP contribution in [0, 0.1) is 0 Å². The number of quaternary nitrogens is 1. The second-order valence-electron chi connectivity index (χ2n) is 6.00. The van der Waals surface area contributed by atoms with Crippen LogP contribution in [0.25, 0.3) is 0 Å². The Morgan fingerprint density at radius 2 is 1.48 bits per heavy atom. The van der Waals surface area contributed by atoms with E-state index < -0.39 is 24.2 Å². The van der Waals surface area contributed by atoms with Gasteiger partial charge in [0, 0.05) is 5.56 Å². The maximum Gasteiger partial charge on any atom is 0.430 e. The third-order valence-electron chi connectivity index (χ3n) is 2.69. The second-order valence-corrected chi connectivity index (χ2v) is 6.00. The Balaban J connectivity index is 0.000000381. The molecule has 0 saturated heterocycles. The number of azo groups is 1. The lowest BCUT2D eigenvalue weighted by molar-refractivity contribution is -0.884. The van der Waals surface area contributed by atoms with Gasteiger partial charge in [-0.3, -0.25) is 0 Å². The van der Waals surface area contributed by atoms with Gasteiger partial charge in [0.25, 0.3) is 0 Å². The minimum atomic E-state index is -5.19. The molecule has 1 aromatic carbocycles. The first kappa shape index (κ1) is 20.2. The van der Waals surface area contributed by atoms with Gasteiger partial charge in [0.15, 0.2) is 0 Å². The van der Waals surface area contributed by atoms with Crippen LogP contribution in [0.15, 0.2) is 34.5 Å². The molecule has 25 heavy (non-hydrogen) atoms. The fourth-order valence-corrected chi connectivity index (χ4v) is 1.78. The topological polar surface area (TPSA) is 102 Å². The van der Waals surface area contributed by atoms with E-state index in [9.17, 15) is 22.8 Å². The number of hydrogen-bond acceptors (Lipinski definition) is 4. The van der Waals surface area contributed by atoms with Crippen molar-refractivity contribution in [2.24, 2.45) is 10.2 Å². The zero-order valence-corrected chi connectivity index (χ0v) is 13.6. The van der Waals surface area contributed by atoms with Gasteiger partial charge in [0.1, 0.15) is 12.5 Å². The van der Waals surface area contributed by atoms with E-state index in [0.717, 1.165) is 21.5 Å². The number of carbonyl (C=O) groups excluding carboxylic acids is 3. The normalized spacial score (nSPS) is 14.4. The molecule has 0 N–H and O–H groups in total. The van der Waals surface area contributed by atoms with Gasteiger partial charge in [-0.15, -0.1) is 0 Å². The summed E-state index contributed by atoms with van der Waals surface area (Å²) in [6, 6.07) is 5.99. The van der Waals surface area contributed by atoms with Crippen LogP contribution >= 0.6 is 0 Å². The number of nitrogens with zero attached hydrogens (tertiary/aromatic N) is 4. The molecule has 0 unspecified atom stereocenters. The minimum absolute atomic E-state index is 0.500. The molecule has 0 radical (unpaired) electrons. The highest BCUT2D eigenvalue weighted by atomic mass is 19.4. The maximum absolute atomic E-state index is 11.3. The van der Waals surface area contributed by atoms with E-state index in [0.29, 0.717) is 5.69 Å². The van der Waals surface area contributed by atoms with Crippen molar-refractivity contribution in [3.8, 4) is 0 Å². The highest BCUT2D eigenvalue weighted by molar-refractivity contribution is 6.17. The molecule has 0 aliphatic carbocycles. The highest BCUT2D eigenvalue weighted by Crippen LogP contribution is 2.21. The number of hydrogen-bond donors (Lipinski definition) is 0. The van der Waals surface area contributed by atoms with Crippen molar-refractivity contribution in [3.05, 3.63) is 29.8 Å². The predicted molar refractivity (Wildman–Crippen MR) is 77.4 cm³/mol. The Kier molecular flexibility index (Phi) is 5.97. The highest BCUT2D eigenvalue weighted by Gasteiger charge is 2.29. The zero-order valence-electron chi connectivity index (χ0n) is 13.6. The number of carbonyl (C=O) groups is 3. The Labute approximate surface area is 140 Å². The molecule has 1 aliphatic heterocycles. The van der Waals surface area contributed by atoms with Gasteiger partial charge in [-0.25, -0.2) is 14.5 Å². The SMILES string of the molecule is C[N+](C)(C)Cc1ccc(N2C(=O)N=NC2=O)cc1.O=C([O-])C(F)(F)F. The van der Waals surface area contributed by atoms with Gasteiger partial charge >= 0.3 is 18.2 Å². The van der Waals surface area contributed by atoms with E-state index >= 15 is 0 Å². The Hall–Kier alpha value is -2.82. The summed E-state index contributed by atoms with van der Waals surface area (Å²) < 4.78 is 32.4. The molecule has 0 aromatic heterocycles. The van der Waals surface area contributed by atoms with Crippen LogP contribution in [-0.2, 0) is 11.3 Å². The minimum Gasteiger partial charge on any atom is -0.542 e. The number of urea groups is 2. The third-order valence-corrected chi connectivity index (χ3v) is 2.69. The molecule has 0 spiro atoms. The van der Waals surface area contributed by atoms with Crippen molar-refractivity contribution in [1.82, 2.24) is 0 Å². The van der Waals surface area contributed by atoms with Gasteiger partial charge in [-0.1, -0.05) is 22.4 Å². The van der Waals surface area contributed by atoms with E-state index in [-0.39, 0.29) is 0 Å². The molecule has 1 aromatic rings. The molecule has 136 valence electrons. The molecule has 11 heteroatoms. The van der Waals surface area contributed by atoms with Gasteiger partial charge in [0.05, 0.1) is 26.8 Å². The number of aliphatic carboxylic acids is 1. The average molecular weight is 360 g/mol. The molecular formula is C14H15F3N4O4. The monoisotopic (exact) mass is 360 g/mol. The summed E-state index contributed by atoms with van der Waals surface area (Å²) in [4.78, 5) is 32.4. The molecule has 0 saturated carbocycles. The van der Waals surface area contributed by atoms with E-state index in [1.54, 1.807) is 12.1 Å². The Bertz CT molecular complexity index is 676. The van der Waals surface area contributed by atoms with Gasteiger partial charge in [-0.05, 0) is 12.1 Å². The lowest BCUT2D eigenvalue weighted by Crippen LogP contribution is -2.37. The molecule has 0 atom stereocenters. The van der Waals surface area contributed by atoms with Crippen molar-refractivity contribution in [3.63, 3.8) is 0 Å². The summed E-state index contributed by atoms with van der Waals surface area (Å²) in [5, 5.41) is 15.2. The molecular weight excluding hydrogens is 345 g/mol. The number of alkyl halides is 3. The molecule has 0 fully saturated rings. The zero-order chi connectivity index (χ0) is 19.4. The molecule has 1 heterocycles. The van der Waals surface area contributed by atoms with E-state index in [2.05, 4.69) is 31.4 Å². The molecule has 4 amide bonds. The summed E-state index contributed by atoms with van der Waals surface area (Å²) in [5.41, 5.74) is 1.64. The van der Waals surface area contributed by atoms with Crippen LogP contribution in [0.5, 0.6) is 0 Å². The first-order chi connectivity index (χ1) is 11.3. The van der Waals surface area contributed by atoms with Crippen LogP contribution < -0.4 is 10.0 Å². The van der Waals surface area contributed by atoms with Crippen LogP contribution in [0.2, 0.25) is 0 Å². The predicted octanol–water partition coefficient (Wildman–Crippen LogP) is 1.70. The van der Waals surface area contributed by atoms with Gasteiger partial charge in [-0.2, -0.15) is 13.2 Å². The summed E-state index contributed by atoms with van der Waals surface area (Å²) in [6.07, 6.45) is -5.19. The van der Waals surface area contributed by atoms with Crippen LogP contribution in [0.3, 0.4) is 0 Å². The fourth-order valence-electron chi connectivity index (χ4n) is 1.78. The summed E-state index contributed by atoms with van der Waals surface area (Å²) in [5.74, 6) is -3.01. The standard InChI is InChI=1S/C12H15N4O2.C2HF3O2/c1-16(2,3)8-9-4-6-10(7-5-9)15-11(17)13-14-12(15)18;3-2(4,5)1(6)7/h4-7H,8H2,1-3H3;(H,6,7)/q+1;/p-1. The number of amides is 4. The molecule has 0 bridgehead atoms. The van der Waals surface area contributed by atoms with Gasteiger partial charge < -0.3 is 14.4 Å². The number of carboxylic acids is 1. The number of rotatable bonds is 3. The first-order valence-corrected chi connectivity index (χ1v) is 6.78. The smallest absolute Gasteiger partial charge is 0.430 e. The van der Waals surface area contributed by atoms with E-state index in [4.69, 9.17) is 9.90 Å². The fraction of sp³-hybridized carbons (Fsp3) is 0.357. The summed E-state index contributed by atoms with van der Waals surface area (Å²) >= 11 is 0. The number of anilines is 1. The average Bonchev–Trinajstić information content (AvgIpc) is 2.77. The summed E-state index contributed by atoms with van der Waals surface area (Å²) in [6.45, 7) is 0.872. The van der Waals surface area contributed by atoms with Gasteiger partial charge in [0.2, 0.25) is 0 Å². The van der Waals surface area contributed by atoms with Crippen molar-refractivity contribution in [2.75, 3.05) is 26.0 Å². The summed E-state index contributed by atoms with van der Waals surface area (Å²) in [7, 11) is 6.29. The van der Waals surface area contributed by atoms with Crippen molar-refractivity contribution >= 4 is 23.7 Å². The van der Waals surface area contributed by atoms with Crippen LogP contribution in [0.1, 0.15) is 5.56 Å². The molecule has 2 rings (SSSR count). The van der Waals surface area contributed by atoms with E-state index in [1.165, 1.54) is 0 Å². The molecule has 1 aliphatic rings. The van der Waals surface area contributed by atoms with Crippen molar-refractivity contribution in [2.45, 2.75) is 12.7 Å². The largest absolute Gasteiger partial charge is 0.542 e. The van der Waals surface area contributed by atoms with Crippen molar-refractivity contribution < 1.29 is 37.1 Å². The van der Waals surface area contributed by atoms with Crippen LogP contribution in [-0.4, -0.2) is 49.8 Å². The quantitative estimate of drug-likeness (QED) is 0.766. The molecule has 8 nitrogen and oxygen atoms in total. The Morgan fingerprint density at radius 1 is 1.08 bits per heavy atom. The number of imide groups is 1. The Morgan fingerprint density at radius 3 is 1.80 bits per heavy atom. The number of benzene rings is 1. The number of halogens is 3. The lowest BCUT2D eigenvalue weighted by atomic mass is 10.2. The third kappa shape index (κ3) is 6.30. The second kappa shape index (κ2) is 7.38. The van der Waals surface area contributed by atoms with E-state index in [1.807, 2.05) is 12.1 Å². The lowest BCUT2D eigenvalue weighted by Gasteiger charge is -2.24. The van der Waals surface area contributed by atoms with Crippen molar-refractivity contribution in [1.29, 1.82) is 0 Å². The number of carboxylic acid groups (broad SMARTS) is 1.